The summed E-state index contributed by atoms with van der Waals surface area (Å²) in [4.78, 5) is 12.3. The fourth-order valence-electron chi connectivity index (χ4n) is 2.28. The second-order valence-electron chi connectivity index (χ2n) is 5.39. The van der Waals surface area contributed by atoms with Crippen molar-refractivity contribution < 1.29 is 13.2 Å². The molecule has 1 amide bonds. The summed E-state index contributed by atoms with van der Waals surface area (Å²) in [5.74, 6) is -1.33. The number of nitrogens with zero attached hydrogens (tertiary/aromatic N) is 4. The van der Waals surface area contributed by atoms with Crippen molar-refractivity contribution in [3.8, 4) is 5.69 Å². The third-order valence-corrected chi connectivity index (χ3v) is 6.00. The van der Waals surface area contributed by atoms with Crippen LogP contribution in [0.3, 0.4) is 0 Å². The van der Waals surface area contributed by atoms with Gasteiger partial charge in [-0.25, -0.2) is 8.42 Å². The standard InChI is InChI=1S/C16H14ClN5O3S2/c1-26-16-19-20-21-22(16)13-4-2-3-12(9-13)18-15(23)10-27(24,25)14-7-5-11(17)6-8-14/h2-9H,10H2,1H3,(H,18,23). The first-order valence-corrected chi connectivity index (χ1v) is 10.9. The Hall–Kier alpha value is -2.43. The maximum Gasteiger partial charge on any atom is 0.239 e. The summed E-state index contributed by atoms with van der Waals surface area (Å²) in [5, 5.41) is 15.0. The van der Waals surface area contributed by atoms with Crippen molar-refractivity contribution in [2.24, 2.45) is 0 Å². The SMILES string of the molecule is CSc1nnnn1-c1cccc(NC(=O)CS(=O)(=O)c2ccc(Cl)cc2)c1. The van der Waals surface area contributed by atoms with Gasteiger partial charge in [-0.1, -0.05) is 29.4 Å². The highest BCUT2D eigenvalue weighted by Crippen LogP contribution is 2.19. The molecule has 1 heterocycles. The van der Waals surface area contributed by atoms with E-state index < -0.39 is 21.5 Å². The van der Waals surface area contributed by atoms with Crippen LogP contribution in [-0.4, -0.2) is 46.5 Å². The van der Waals surface area contributed by atoms with Gasteiger partial charge in [0.25, 0.3) is 0 Å². The zero-order valence-corrected chi connectivity index (χ0v) is 16.4. The van der Waals surface area contributed by atoms with Gasteiger partial charge in [0, 0.05) is 10.7 Å². The molecule has 0 bridgehead atoms. The molecule has 0 aliphatic heterocycles. The summed E-state index contributed by atoms with van der Waals surface area (Å²) < 4.78 is 26.2. The number of halogens is 1. The first-order valence-electron chi connectivity index (χ1n) is 7.60. The van der Waals surface area contributed by atoms with Crippen LogP contribution < -0.4 is 5.32 Å². The Morgan fingerprint density at radius 1 is 1.22 bits per heavy atom. The Morgan fingerprint density at radius 2 is 1.96 bits per heavy atom. The minimum atomic E-state index is -3.77. The molecule has 0 radical (unpaired) electrons. The molecule has 27 heavy (non-hydrogen) atoms. The highest BCUT2D eigenvalue weighted by atomic mass is 35.5. The monoisotopic (exact) mass is 423 g/mol. The van der Waals surface area contributed by atoms with E-state index in [2.05, 4.69) is 20.8 Å². The van der Waals surface area contributed by atoms with E-state index in [1.54, 1.807) is 24.3 Å². The van der Waals surface area contributed by atoms with Gasteiger partial charge in [0.15, 0.2) is 9.84 Å². The van der Waals surface area contributed by atoms with Crippen molar-refractivity contribution in [1.82, 2.24) is 20.2 Å². The predicted octanol–water partition coefficient (Wildman–Crippen LogP) is 2.45. The number of thioether (sulfide) groups is 1. The smallest absolute Gasteiger partial charge is 0.239 e. The average molecular weight is 424 g/mol. The van der Waals surface area contributed by atoms with E-state index >= 15 is 0 Å². The molecule has 0 saturated carbocycles. The van der Waals surface area contributed by atoms with E-state index in [9.17, 15) is 13.2 Å². The maximum absolute atomic E-state index is 12.3. The number of amides is 1. The number of tetrazole rings is 1. The van der Waals surface area contributed by atoms with Crippen molar-refractivity contribution >= 4 is 44.8 Å². The first kappa shape index (κ1) is 19.3. The molecular formula is C16H14ClN5O3S2. The van der Waals surface area contributed by atoms with Crippen LogP contribution in [0.2, 0.25) is 5.02 Å². The van der Waals surface area contributed by atoms with Crippen LogP contribution in [0.15, 0.2) is 58.6 Å². The molecule has 0 spiro atoms. The van der Waals surface area contributed by atoms with E-state index in [1.807, 2.05) is 6.26 Å². The van der Waals surface area contributed by atoms with E-state index in [1.165, 1.54) is 40.7 Å². The summed E-state index contributed by atoms with van der Waals surface area (Å²) in [7, 11) is -3.77. The van der Waals surface area contributed by atoms with Crippen LogP contribution in [0.25, 0.3) is 5.69 Å². The quantitative estimate of drug-likeness (QED) is 0.606. The predicted molar refractivity (Wildman–Crippen MR) is 103 cm³/mol. The normalized spacial score (nSPS) is 11.3. The van der Waals surface area contributed by atoms with Gasteiger partial charge in [-0.05, 0) is 59.1 Å². The lowest BCUT2D eigenvalue weighted by atomic mass is 10.3. The Morgan fingerprint density at radius 3 is 2.67 bits per heavy atom. The number of carbonyl (C=O) groups is 1. The van der Waals surface area contributed by atoms with Gasteiger partial charge in [-0.2, -0.15) is 4.68 Å². The topological polar surface area (TPSA) is 107 Å². The van der Waals surface area contributed by atoms with Crippen LogP contribution in [-0.2, 0) is 14.6 Å². The number of hydrogen-bond acceptors (Lipinski definition) is 7. The number of sulfone groups is 1. The largest absolute Gasteiger partial charge is 0.325 e. The van der Waals surface area contributed by atoms with Crippen molar-refractivity contribution in [2.45, 2.75) is 10.1 Å². The summed E-state index contributed by atoms with van der Waals surface area (Å²) in [5.41, 5.74) is 1.08. The minimum absolute atomic E-state index is 0.0362. The third-order valence-electron chi connectivity index (χ3n) is 3.49. The molecule has 0 unspecified atom stereocenters. The van der Waals surface area contributed by atoms with E-state index in [4.69, 9.17) is 11.6 Å². The lowest BCUT2D eigenvalue weighted by Crippen LogP contribution is -2.23. The number of carbonyl (C=O) groups excluding carboxylic acids is 1. The molecule has 0 aliphatic carbocycles. The van der Waals surface area contributed by atoms with Crippen molar-refractivity contribution in [3.05, 3.63) is 53.6 Å². The highest BCUT2D eigenvalue weighted by molar-refractivity contribution is 7.98. The molecule has 8 nitrogen and oxygen atoms in total. The Labute approximate surface area is 164 Å². The molecule has 0 saturated heterocycles. The Balaban J connectivity index is 1.75. The number of anilines is 1. The summed E-state index contributed by atoms with van der Waals surface area (Å²) in [6.07, 6.45) is 1.84. The van der Waals surface area contributed by atoms with Crippen molar-refractivity contribution in [1.29, 1.82) is 0 Å². The van der Waals surface area contributed by atoms with Crippen LogP contribution in [0.4, 0.5) is 5.69 Å². The molecular weight excluding hydrogens is 410 g/mol. The van der Waals surface area contributed by atoms with Gasteiger partial charge in [-0.3, -0.25) is 4.79 Å². The maximum atomic E-state index is 12.3. The van der Waals surface area contributed by atoms with Crippen LogP contribution >= 0.6 is 23.4 Å². The summed E-state index contributed by atoms with van der Waals surface area (Å²) in [6, 6.07) is 12.5. The molecule has 0 fully saturated rings. The Bertz CT molecular complexity index is 1070. The van der Waals surface area contributed by atoms with Crippen LogP contribution in [0.1, 0.15) is 0 Å². The molecule has 3 aromatic rings. The number of aromatic nitrogens is 4. The van der Waals surface area contributed by atoms with E-state index in [0.29, 0.717) is 21.6 Å². The molecule has 2 aromatic carbocycles. The van der Waals surface area contributed by atoms with Gasteiger partial charge in [0.1, 0.15) is 5.75 Å². The van der Waals surface area contributed by atoms with Crippen molar-refractivity contribution in [3.63, 3.8) is 0 Å². The fraction of sp³-hybridized carbons (Fsp3) is 0.125. The number of benzene rings is 2. The fourth-order valence-corrected chi connectivity index (χ4v) is 3.97. The lowest BCUT2D eigenvalue weighted by molar-refractivity contribution is -0.113. The number of hydrogen-bond donors (Lipinski definition) is 1. The van der Waals surface area contributed by atoms with Gasteiger partial charge < -0.3 is 5.32 Å². The van der Waals surface area contributed by atoms with Crippen LogP contribution in [0, 0.1) is 0 Å². The first-order chi connectivity index (χ1) is 12.9. The molecule has 0 aliphatic rings. The third kappa shape index (κ3) is 4.65. The Kier molecular flexibility index (Phi) is 5.78. The zero-order valence-electron chi connectivity index (χ0n) is 14.0. The van der Waals surface area contributed by atoms with Gasteiger partial charge in [0.2, 0.25) is 11.1 Å². The van der Waals surface area contributed by atoms with Crippen LogP contribution in [0.5, 0.6) is 0 Å². The lowest BCUT2D eigenvalue weighted by Gasteiger charge is -2.09. The number of nitrogens with one attached hydrogen (secondary N) is 1. The van der Waals surface area contributed by atoms with E-state index in [-0.39, 0.29) is 4.90 Å². The summed E-state index contributed by atoms with van der Waals surface area (Å²) in [6.45, 7) is 0. The second kappa shape index (κ2) is 8.07. The minimum Gasteiger partial charge on any atom is -0.325 e. The van der Waals surface area contributed by atoms with Crippen molar-refractivity contribution in [2.75, 3.05) is 17.3 Å². The van der Waals surface area contributed by atoms with Gasteiger partial charge in [0.05, 0.1) is 10.6 Å². The highest BCUT2D eigenvalue weighted by Gasteiger charge is 2.19. The molecule has 3 rings (SSSR count). The molecule has 1 aromatic heterocycles. The average Bonchev–Trinajstić information content (AvgIpc) is 3.10. The molecule has 140 valence electrons. The number of rotatable bonds is 6. The van der Waals surface area contributed by atoms with Gasteiger partial charge >= 0.3 is 0 Å². The molecule has 11 heteroatoms. The van der Waals surface area contributed by atoms with Gasteiger partial charge in [-0.15, -0.1) is 5.10 Å². The zero-order chi connectivity index (χ0) is 19.4. The van der Waals surface area contributed by atoms with E-state index in [0.717, 1.165) is 0 Å². The molecule has 1 N–H and O–H groups in total. The second-order valence-corrected chi connectivity index (χ2v) is 8.59. The summed E-state index contributed by atoms with van der Waals surface area (Å²) >= 11 is 7.14. The molecule has 0 atom stereocenters.